The highest BCUT2D eigenvalue weighted by atomic mass is 35.5. The molecule has 1 aromatic rings. The predicted octanol–water partition coefficient (Wildman–Crippen LogP) is 4.55. The Labute approximate surface area is 225 Å². The quantitative estimate of drug-likeness (QED) is 0.173. The molecule has 0 bridgehead atoms. The van der Waals surface area contributed by atoms with Gasteiger partial charge in [0.2, 0.25) is 0 Å². The molecule has 9 nitrogen and oxygen atoms in total. The molecule has 37 heavy (non-hydrogen) atoms. The molecule has 2 aliphatic rings. The Balaban J connectivity index is 1.63. The zero-order valence-corrected chi connectivity index (χ0v) is 25.0. The van der Waals surface area contributed by atoms with Crippen LogP contribution in [0.2, 0.25) is 30.8 Å². The Hall–Kier alpha value is -1.91. The van der Waals surface area contributed by atoms with Gasteiger partial charge in [-0.15, -0.1) is 0 Å². The maximum absolute atomic E-state index is 13.2. The summed E-state index contributed by atoms with van der Waals surface area (Å²) in [5, 5.41) is 0.182. The highest BCUT2D eigenvalue weighted by Crippen LogP contribution is 2.35. The molecule has 0 radical (unpaired) electrons. The van der Waals surface area contributed by atoms with E-state index in [0.29, 0.717) is 32.5 Å². The first kappa shape index (κ1) is 29.6. The highest BCUT2D eigenvalue weighted by Gasteiger charge is 2.51. The van der Waals surface area contributed by atoms with Crippen LogP contribution in [0.3, 0.4) is 0 Å². The smallest absolute Gasteiger partial charge is 0.332 e. The lowest BCUT2D eigenvalue weighted by atomic mass is 9.85. The summed E-state index contributed by atoms with van der Waals surface area (Å²) in [6, 6.07) is 1.81. The van der Waals surface area contributed by atoms with Crippen LogP contribution in [-0.2, 0) is 16.1 Å². The number of imide groups is 1. The van der Waals surface area contributed by atoms with Crippen LogP contribution in [0.1, 0.15) is 65.3 Å². The van der Waals surface area contributed by atoms with E-state index >= 15 is 0 Å². The first-order valence-corrected chi connectivity index (χ1v) is 17.6. The molecule has 1 saturated carbocycles. The van der Waals surface area contributed by atoms with Crippen LogP contribution in [0.4, 0.5) is 4.79 Å². The van der Waals surface area contributed by atoms with Crippen molar-refractivity contribution in [3.8, 4) is 0 Å². The van der Waals surface area contributed by atoms with E-state index in [2.05, 4.69) is 19.6 Å². The first-order chi connectivity index (χ1) is 17.3. The predicted molar refractivity (Wildman–Crippen MR) is 148 cm³/mol. The van der Waals surface area contributed by atoms with E-state index < -0.39 is 13.6 Å². The minimum Gasteiger partial charge on any atom is -0.361 e. The van der Waals surface area contributed by atoms with Crippen LogP contribution in [0.25, 0.3) is 0 Å². The fourth-order valence-electron chi connectivity index (χ4n) is 5.14. The molecule has 0 unspecified atom stereocenters. The summed E-state index contributed by atoms with van der Waals surface area (Å²) in [5.41, 5.74) is -1.64. The molecule has 2 fully saturated rings. The number of carbonyl (C=O) groups is 2. The molecule has 0 N–H and O–H groups in total. The summed E-state index contributed by atoms with van der Waals surface area (Å²) < 4.78 is 8.55. The van der Waals surface area contributed by atoms with Gasteiger partial charge in [-0.1, -0.05) is 44.6 Å². The average molecular weight is 555 g/mol. The third-order valence-electron chi connectivity index (χ3n) is 7.65. The Morgan fingerprint density at radius 1 is 1.08 bits per heavy atom. The molecule has 2 heterocycles. The number of hydrogen-bond acceptors (Lipinski definition) is 5. The molecule has 11 heteroatoms. The first-order valence-electron chi connectivity index (χ1n) is 13.5. The van der Waals surface area contributed by atoms with Crippen molar-refractivity contribution in [2.24, 2.45) is 5.92 Å². The summed E-state index contributed by atoms with van der Waals surface area (Å²) in [6.45, 7) is 13.9. The number of rotatable bonds is 11. The molecule has 208 valence electrons. The van der Waals surface area contributed by atoms with E-state index in [1.54, 1.807) is 18.7 Å². The second-order valence-electron chi connectivity index (χ2n) is 12.2. The van der Waals surface area contributed by atoms with Gasteiger partial charge < -0.3 is 9.64 Å². The van der Waals surface area contributed by atoms with Gasteiger partial charge in [-0.3, -0.25) is 18.7 Å². The largest absolute Gasteiger partial charge is 0.361 e. The van der Waals surface area contributed by atoms with Crippen LogP contribution in [-0.4, -0.2) is 64.4 Å². The zero-order chi connectivity index (χ0) is 27.5. The fraction of sp³-hybridized carbons (Fsp3) is 0.769. The van der Waals surface area contributed by atoms with Crippen molar-refractivity contribution < 1.29 is 14.3 Å². The maximum Gasteiger partial charge on any atom is 0.332 e. The summed E-state index contributed by atoms with van der Waals surface area (Å²) in [6.07, 6.45) is 4.57. The summed E-state index contributed by atoms with van der Waals surface area (Å²) in [5.74, 6) is -0.0510. The topological polar surface area (TPSA) is 93.8 Å². The lowest BCUT2D eigenvalue weighted by Crippen LogP contribution is -2.47. The van der Waals surface area contributed by atoms with Crippen molar-refractivity contribution in [1.82, 2.24) is 18.9 Å². The highest BCUT2D eigenvalue weighted by molar-refractivity contribution is 6.76. The van der Waals surface area contributed by atoms with Crippen LogP contribution in [0.5, 0.6) is 0 Å². The lowest BCUT2D eigenvalue weighted by molar-refractivity contribution is -0.135. The van der Waals surface area contributed by atoms with Crippen LogP contribution in [0.15, 0.2) is 15.7 Å². The SMILES string of the molecule is CCCCn1c(Cl)cc(=O)n(C2CCC(CN3C(=O)N(COCC[Si](C)(C)C)C(=O)C3(C)C)CC2)c1=O. The number of carbonyl (C=O) groups excluding carboxylic acids is 2. The standard InChI is InChI=1S/C26H43ClN4O5Si/c1-7-8-13-28-21(27)16-22(32)31(25(28)35)20-11-9-19(10-12-20)17-30-24(34)29(23(33)26(30,2)3)18-36-14-15-37(4,5)6/h16,19-20H,7-15,17-18H2,1-6H3. The molecule has 1 saturated heterocycles. The van der Waals surface area contributed by atoms with Crippen molar-refractivity contribution >= 4 is 31.6 Å². The number of ether oxygens (including phenoxy) is 1. The van der Waals surface area contributed by atoms with Gasteiger partial charge in [0, 0.05) is 39.9 Å². The maximum atomic E-state index is 13.2. The normalized spacial score (nSPS) is 22.2. The molecule has 1 aliphatic heterocycles. The van der Waals surface area contributed by atoms with Crippen LogP contribution >= 0.6 is 11.6 Å². The molecule has 0 atom stereocenters. The molecule has 3 rings (SSSR count). The third kappa shape index (κ3) is 6.75. The van der Waals surface area contributed by atoms with Gasteiger partial charge in [-0.2, -0.15) is 0 Å². The van der Waals surface area contributed by atoms with Crippen LogP contribution in [0, 0.1) is 5.92 Å². The Morgan fingerprint density at radius 2 is 1.73 bits per heavy atom. The van der Waals surface area contributed by atoms with Crippen molar-refractivity contribution in [2.75, 3.05) is 19.9 Å². The summed E-state index contributed by atoms with van der Waals surface area (Å²) in [4.78, 5) is 54.8. The Morgan fingerprint density at radius 3 is 2.32 bits per heavy atom. The number of aromatic nitrogens is 2. The average Bonchev–Trinajstić information content (AvgIpc) is 2.96. The van der Waals surface area contributed by atoms with Gasteiger partial charge in [0.1, 0.15) is 17.4 Å². The third-order valence-corrected chi connectivity index (χ3v) is 9.67. The van der Waals surface area contributed by atoms with Crippen molar-refractivity contribution in [1.29, 1.82) is 0 Å². The van der Waals surface area contributed by atoms with E-state index in [1.807, 2.05) is 6.92 Å². The number of hydrogen-bond donors (Lipinski definition) is 0. The molecule has 0 spiro atoms. The van der Waals surface area contributed by atoms with Gasteiger partial charge >= 0.3 is 11.7 Å². The minimum atomic E-state index is -1.26. The van der Waals surface area contributed by atoms with Crippen molar-refractivity contribution in [3.05, 3.63) is 32.1 Å². The molecular weight excluding hydrogens is 512 g/mol. The zero-order valence-electron chi connectivity index (χ0n) is 23.2. The minimum absolute atomic E-state index is 0.0153. The van der Waals surface area contributed by atoms with E-state index in [-0.39, 0.29) is 47.0 Å². The van der Waals surface area contributed by atoms with E-state index in [9.17, 15) is 19.2 Å². The molecule has 1 aromatic heterocycles. The van der Waals surface area contributed by atoms with Gasteiger partial charge in [0.15, 0.2) is 0 Å². The molecule has 1 aliphatic carbocycles. The molecule has 3 amide bonds. The second kappa shape index (κ2) is 11.9. The fourth-order valence-corrected chi connectivity index (χ4v) is 6.14. The number of amides is 3. The number of halogens is 1. The summed E-state index contributed by atoms with van der Waals surface area (Å²) in [7, 11) is -1.26. The van der Waals surface area contributed by atoms with Crippen LogP contribution < -0.4 is 11.2 Å². The monoisotopic (exact) mass is 554 g/mol. The second-order valence-corrected chi connectivity index (χ2v) is 18.2. The van der Waals surface area contributed by atoms with E-state index in [0.717, 1.165) is 31.7 Å². The van der Waals surface area contributed by atoms with E-state index in [4.69, 9.17) is 16.3 Å². The Kier molecular flexibility index (Phi) is 9.50. The Bertz CT molecular complexity index is 1100. The number of nitrogens with zero attached hydrogens (tertiary/aromatic N) is 4. The van der Waals surface area contributed by atoms with Gasteiger partial charge in [0.25, 0.3) is 11.5 Å². The summed E-state index contributed by atoms with van der Waals surface area (Å²) >= 11 is 6.20. The van der Waals surface area contributed by atoms with E-state index in [1.165, 1.54) is 20.1 Å². The lowest BCUT2D eigenvalue weighted by Gasteiger charge is -2.35. The van der Waals surface area contributed by atoms with Crippen molar-refractivity contribution in [3.63, 3.8) is 0 Å². The molecule has 0 aromatic carbocycles. The molecular formula is C26H43ClN4O5Si. The number of urea groups is 1. The van der Waals surface area contributed by atoms with Gasteiger partial charge in [-0.05, 0) is 57.9 Å². The van der Waals surface area contributed by atoms with Gasteiger partial charge in [-0.25, -0.2) is 14.5 Å². The van der Waals surface area contributed by atoms with Gasteiger partial charge in [0.05, 0.1) is 0 Å². The number of unbranched alkanes of at least 4 members (excludes halogenated alkanes) is 1. The van der Waals surface area contributed by atoms with Crippen molar-refractivity contribution in [2.45, 2.75) is 103 Å².